The number of allylic oxidation sites excluding steroid dienone is 1. The molecule has 0 spiro atoms. The zero-order valence-corrected chi connectivity index (χ0v) is 25.5. The van der Waals surface area contributed by atoms with Gasteiger partial charge in [-0.3, -0.25) is 4.31 Å². The summed E-state index contributed by atoms with van der Waals surface area (Å²) in [4.78, 5) is 12.1. The molecule has 0 fully saturated rings. The maximum Gasteiger partial charge on any atom is 0.332 e. The number of carbonyl (C=O) groups excluding carboxylic acids is 1. The Bertz CT molecular complexity index is 1150. The Labute approximate surface area is 240 Å². The van der Waals surface area contributed by atoms with Gasteiger partial charge in [-0.05, 0) is 56.5 Å². The molecule has 0 saturated heterocycles. The molecule has 1 atom stereocenters. The van der Waals surface area contributed by atoms with E-state index < -0.39 is 16.0 Å². The fourth-order valence-corrected chi connectivity index (χ4v) is 6.49. The van der Waals surface area contributed by atoms with Gasteiger partial charge in [0.15, 0.2) is 0 Å². The number of ether oxygens (including phenoxy) is 1. The third kappa shape index (κ3) is 10.2. The third-order valence-corrected chi connectivity index (χ3v) is 8.81. The predicted octanol–water partition coefficient (Wildman–Crippen LogP) is 8.72. The maximum absolute atomic E-state index is 14.3. The van der Waals surface area contributed by atoms with Crippen molar-refractivity contribution in [3.05, 3.63) is 65.3 Å². The van der Waals surface area contributed by atoms with E-state index in [-0.39, 0.29) is 17.5 Å². The van der Waals surface area contributed by atoms with Crippen LogP contribution in [0.5, 0.6) is 0 Å². The van der Waals surface area contributed by atoms with Crippen LogP contribution in [0.25, 0.3) is 0 Å². The summed E-state index contributed by atoms with van der Waals surface area (Å²) in [7, 11) is -3.92. The molecule has 216 valence electrons. The van der Waals surface area contributed by atoms with Gasteiger partial charge in [-0.2, -0.15) is 0 Å². The molecule has 1 unspecified atom stereocenters. The minimum absolute atomic E-state index is 0.147. The Morgan fingerprint density at radius 2 is 1.64 bits per heavy atom. The third-order valence-electron chi connectivity index (χ3n) is 6.60. The highest BCUT2D eigenvalue weighted by molar-refractivity contribution is 7.92. The van der Waals surface area contributed by atoms with Crippen molar-refractivity contribution >= 4 is 39.0 Å². The summed E-state index contributed by atoms with van der Waals surface area (Å²) in [5.74, 6) is -0.464. The number of sulfonamides is 1. The highest BCUT2D eigenvalue weighted by Gasteiger charge is 2.31. The number of hydrogen-bond donors (Lipinski definition) is 1. The zero-order valence-electron chi connectivity index (χ0n) is 23.9. The topological polar surface area (TPSA) is 75.7 Å². The van der Waals surface area contributed by atoms with Gasteiger partial charge < -0.3 is 10.1 Å². The van der Waals surface area contributed by atoms with Gasteiger partial charge in [0.05, 0.1) is 27.9 Å². The summed E-state index contributed by atoms with van der Waals surface area (Å²) < 4.78 is 35.2. The first-order valence-corrected chi connectivity index (χ1v) is 16.1. The molecule has 1 N–H and O–H groups in total. The van der Waals surface area contributed by atoms with E-state index >= 15 is 0 Å². The van der Waals surface area contributed by atoms with E-state index in [1.54, 1.807) is 29.4 Å². The van der Waals surface area contributed by atoms with E-state index in [0.29, 0.717) is 28.5 Å². The fraction of sp³-hybridized carbons (Fsp3) is 0.516. The SMILES string of the molecule is CCCCCCCCC(CCC)N(c1ccccc1)S(=O)(=O)c1ccc(Cl)c(NC(=CC(=O)OCC)CC)c1. The van der Waals surface area contributed by atoms with Gasteiger partial charge in [0, 0.05) is 17.8 Å². The van der Waals surface area contributed by atoms with Gasteiger partial charge in [0.2, 0.25) is 0 Å². The summed E-state index contributed by atoms with van der Waals surface area (Å²) in [6.07, 6.45) is 11.3. The molecule has 0 bridgehead atoms. The largest absolute Gasteiger partial charge is 0.463 e. The van der Waals surface area contributed by atoms with E-state index in [1.165, 1.54) is 31.8 Å². The Morgan fingerprint density at radius 3 is 2.28 bits per heavy atom. The average molecular weight is 577 g/mol. The molecule has 0 aliphatic rings. The van der Waals surface area contributed by atoms with Crippen LogP contribution >= 0.6 is 11.6 Å². The summed E-state index contributed by atoms with van der Waals surface area (Å²) in [6.45, 7) is 8.20. The Kier molecular flexibility index (Phi) is 14.5. The molecule has 2 rings (SSSR count). The second-order valence-electron chi connectivity index (χ2n) is 9.68. The summed E-state index contributed by atoms with van der Waals surface area (Å²) in [5.41, 5.74) is 1.66. The highest BCUT2D eigenvalue weighted by Crippen LogP contribution is 2.33. The molecule has 0 aliphatic carbocycles. The monoisotopic (exact) mass is 576 g/mol. The first-order chi connectivity index (χ1) is 18.8. The van der Waals surface area contributed by atoms with Crippen LogP contribution < -0.4 is 9.62 Å². The van der Waals surface area contributed by atoms with Crippen molar-refractivity contribution in [1.82, 2.24) is 0 Å². The van der Waals surface area contributed by atoms with Crippen molar-refractivity contribution < 1.29 is 17.9 Å². The Balaban J connectivity index is 2.43. The number of esters is 1. The zero-order chi connectivity index (χ0) is 28.7. The second kappa shape index (κ2) is 17.2. The standard InChI is InChI=1S/C31H45ClN2O4S/c1-5-9-10-11-12-14-18-26(17-6-2)34(27-19-15-13-16-20-27)39(36,37)28-21-22-29(32)30(24-28)33-25(7-3)23-31(35)38-8-4/h13,15-16,19-24,26,33H,5-12,14,17-18H2,1-4H3. The lowest BCUT2D eigenvalue weighted by Crippen LogP contribution is -2.40. The van der Waals surface area contributed by atoms with Crippen molar-refractivity contribution in [1.29, 1.82) is 0 Å². The molecule has 0 radical (unpaired) electrons. The quantitative estimate of drug-likeness (QED) is 0.109. The minimum Gasteiger partial charge on any atom is -0.463 e. The molecule has 0 amide bonds. The number of benzene rings is 2. The first kappa shape index (κ1) is 32.7. The van der Waals surface area contributed by atoms with Crippen LogP contribution in [-0.4, -0.2) is 27.0 Å². The molecule has 0 saturated carbocycles. The van der Waals surface area contributed by atoms with Gasteiger partial charge in [0.1, 0.15) is 0 Å². The van der Waals surface area contributed by atoms with Crippen molar-refractivity contribution in [3.8, 4) is 0 Å². The van der Waals surface area contributed by atoms with Crippen molar-refractivity contribution in [2.75, 3.05) is 16.2 Å². The van der Waals surface area contributed by atoms with Crippen molar-refractivity contribution in [2.24, 2.45) is 0 Å². The molecule has 0 aromatic heterocycles. The number of para-hydroxylation sites is 1. The highest BCUT2D eigenvalue weighted by atomic mass is 35.5. The molecule has 6 nitrogen and oxygen atoms in total. The van der Waals surface area contributed by atoms with Crippen LogP contribution in [0, 0.1) is 0 Å². The summed E-state index contributed by atoms with van der Waals surface area (Å²) in [6, 6.07) is 13.9. The van der Waals surface area contributed by atoms with Crippen molar-refractivity contribution in [3.63, 3.8) is 0 Å². The average Bonchev–Trinajstić information content (AvgIpc) is 2.92. The normalized spacial score (nSPS) is 12.7. The molecular formula is C31H45ClN2O4S. The van der Waals surface area contributed by atoms with Crippen LogP contribution in [-0.2, 0) is 19.6 Å². The number of carbonyl (C=O) groups is 1. The van der Waals surface area contributed by atoms with E-state index in [0.717, 1.165) is 32.1 Å². The number of halogens is 1. The fourth-order valence-electron chi connectivity index (χ4n) is 4.59. The number of hydrogen-bond acceptors (Lipinski definition) is 5. The molecule has 0 heterocycles. The van der Waals surface area contributed by atoms with Crippen LogP contribution in [0.3, 0.4) is 0 Å². The molecule has 2 aromatic rings. The van der Waals surface area contributed by atoms with Gasteiger partial charge >= 0.3 is 5.97 Å². The van der Waals surface area contributed by atoms with Gasteiger partial charge in [-0.1, -0.05) is 95.5 Å². The second-order valence-corrected chi connectivity index (χ2v) is 11.9. The first-order valence-electron chi connectivity index (χ1n) is 14.3. The van der Waals surface area contributed by atoms with Crippen LogP contribution in [0.4, 0.5) is 11.4 Å². The number of nitrogens with zero attached hydrogens (tertiary/aromatic N) is 1. The van der Waals surface area contributed by atoms with Gasteiger partial charge in [-0.15, -0.1) is 0 Å². The minimum atomic E-state index is -3.92. The van der Waals surface area contributed by atoms with Crippen molar-refractivity contribution in [2.45, 2.75) is 103 Å². The number of unbranched alkanes of at least 4 members (excludes halogenated alkanes) is 5. The molecule has 2 aromatic carbocycles. The van der Waals surface area contributed by atoms with Crippen LogP contribution in [0.15, 0.2) is 65.2 Å². The molecule has 0 aliphatic heterocycles. The molecular weight excluding hydrogens is 532 g/mol. The van der Waals surface area contributed by atoms with E-state index in [4.69, 9.17) is 16.3 Å². The smallest absolute Gasteiger partial charge is 0.332 e. The summed E-state index contributed by atoms with van der Waals surface area (Å²) >= 11 is 6.46. The van der Waals surface area contributed by atoms with Crippen LogP contribution in [0.1, 0.15) is 91.9 Å². The Hall–Kier alpha value is -2.51. The van der Waals surface area contributed by atoms with E-state index in [1.807, 2.05) is 37.3 Å². The van der Waals surface area contributed by atoms with Gasteiger partial charge in [0.25, 0.3) is 10.0 Å². The maximum atomic E-state index is 14.3. The van der Waals surface area contributed by atoms with E-state index in [2.05, 4.69) is 19.2 Å². The van der Waals surface area contributed by atoms with E-state index in [9.17, 15) is 13.2 Å². The lowest BCUT2D eigenvalue weighted by Gasteiger charge is -2.33. The summed E-state index contributed by atoms with van der Waals surface area (Å²) in [5, 5.41) is 3.50. The van der Waals surface area contributed by atoms with Crippen LogP contribution in [0.2, 0.25) is 5.02 Å². The number of anilines is 2. The van der Waals surface area contributed by atoms with Gasteiger partial charge in [-0.25, -0.2) is 13.2 Å². The number of nitrogens with one attached hydrogen (secondary N) is 1. The molecule has 39 heavy (non-hydrogen) atoms. The Morgan fingerprint density at radius 1 is 0.949 bits per heavy atom. The predicted molar refractivity (Wildman–Crippen MR) is 163 cm³/mol. The lowest BCUT2D eigenvalue weighted by atomic mass is 10.0. The lowest BCUT2D eigenvalue weighted by molar-refractivity contribution is -0.137. The number of rotatable bonds is 18. The molecule has 8 heteroatoms.